The number of cyclic esters (lactones) is 1. The Bertz CT molecular complexity index is 586. The van der Waals surface area contributed by atoms with E-state index in [1.165, 1.54) is 0 Å². The molecule has 1 aliphatic rings. The second kappa shape index (κ2) is 6.23. The first-order valence-corrected chi connectivity index (χ1v) is 7.96. The number of ether oxygens (including phenoxy) is 1. The number of hydrogen-bond acceptors (Lipinski definition) is 4. The van der Waals surface area contributed by atoms with Gasteiger partial charge in [0.25, 0.3) is 0 Å². The highest BCUT2D eigenvalue weighted by Crippen LogP contribution is 2.13. The Kier molecular flexibility index (Phi) is 4.61. The Morgan fingerprint density at radius 1 is 1.35 bits per heavy atom. The minimum Gasteiger partial charge on any atom is -0.448 e. The summed E-state index contributed by atoms with van der Waals surface area (Å²) >= 11 is 0. The number of benzene rings is 1. The molecule has 110 valence electrons. The van der Waals surface area contributed by atoms with Crippen LogP contribution >= 0.6 is 0 Å². The molecule has 1 aliphatic heterocycles. The molecule has 0 bridgehead atoms. The van der Waals surface area contributed by atoms with Crippen molar-refractivity contribution in [2.24, 2.45) is 0 Å². The fourth-order valence-corrected chi connectivity index (χ4v) is 3.36. The van der Waals surface area contributed by atoms with Gasteiger partial charge in [-0.2, -0.15) is 0 Å². The number of carbonyl (C=O) groups excluding carboxylic acids is 1. The van der Waals surface area contributed by atoms with E-state index in [1.807, 2.05) is 0 Å². The summed E-state index contributed by atoms with van der Waals surface area (Å²) in [6.07, 6.45) is 0.229. The Hall–Kier alpha value is -1.60. The summed E-state index contributed by atoms with van der Waals surface area (Å²) < 4.78 is 31.5. The summed E-state index contributed by atoms with van der Waals surface area (Å²) in [5.41, 5.74) is 0.711. The molecule has 1 saturated heterocycles. The van der Waals surface area contributed by atoms with Crippen molar-refractivity contribution in [2.45, 2.75) is 18.2 Å². The quantitative estimate of drug-likeness (QED) is 0.798. The predicted molar refractivity (Wildman–Crippen MR) is 73.9 cm³/mol. The van der Waals surface area contributed by atoms with E-state index in [1.54, 1.807) is 36.1 Å². The van der Waals surface area contributed by atoms with Crippen LogP contribution < -0.4 is 4.72 Å². The number of carbonyl (C=O) groups is 1. The summed E-state index contributed by atoms with van der Waals surface area (Å²) in [7, 11) is -3.48. The van der Waals surface area contributed by atoms with Gasteiger partial charge < -0.3 is 9.64 Å². The summed E-state index contributed by atoms with van der Waals surface area (Å²) in [6.45, 7) is 3.53. The molecule has 1 amide bonds. The molecule has 1 aromatic carbocycles. The number of nitrogens with one attached hydrogen (secondary N) is 1. The molecule has 0 saturated carbocycles. The van der Waals surface area contributed by atoms with Gasteiger partial charge >= 0.3 is 6.09 Å². The lowest BCUT2D eigenvalue weighted by atomic mass is 10.2. The van der Waals surface area contributed by atoms with E-state index in [2.05, 4.69) is 4.72 Å². The third-order valence-corrected chi connectivity index (χ3v) is 4.75. The van der Waals surface area contributed by atoms with Crippen molar-refractivity contribution in [3.63, 3.8) is 0 Å². The van der Waals surface area contributed by atoms with Gasteiger partial charge in [0.1, 0.15) is 6.61 Å². The lowest BCUT2D eigenvalue weighted by Gasteiger charge is -2.13. The number of hydrogen-bond donors (Lipinski definition) is 1. The molecule has 0 spiro atoms. The van der Waals surface area contributed by atoms with Gasteiger partial charge in [-0.05, 0) is 25.0 Å². The molecule has 1 aromatic rings. The van der Waals surface area contributed by atoms with Gasteiger partial charge in [0, 0.05) is 13.1 Å². The van der Waals surface area contributed by atoms with Crippen LogP contribution in [-0.4, -0.2) is 45.7 Å². The van der Waals surface area contributed by atoms with Crippen molar-refractivity contribution in [2.75, 3.05) is 26.2 Å². The van der Waals surface area contributed by atoms with Gasteiger partial charge in [0.05, 0.1) is 11.4 Å². The third kappa shape index (κ3) is 3.49. The molecule has 0 radical (unpaired) electrons. The average Bonchev–Trinajstić information content (AvgIpc) is 2.81. The van der Waals surface area contributed by atoms with E-state index >= 15 is 0 Å². The van der Waals surface area contributed by atoms with Gasteiger partial charge in [0.2, 0.25) is 10.0 Å². The minimum absolute atomic E-state index is 0.292. The number of amides is 1. The van der Waals surface area contributed by atoms with Crippen LogP contribution in [-0.2, 0) is 14.8 Å². The average molecular weight is 298 g/mol. The van der Waals surface area contributed by atoms with Gasteiger partial charge in [-0.15, -0.1) is 0 Å². The number of nitrogens with zero attached hydrogens (tertiary/aromatic N) is 1. The molecule has 6 nitrogen and oxygen atoms in total. The maximum atomic E-state index is 12.1. The van der Waals surface area contributed by atoms with Gasteiger partial charge in [-0.1, -0.05) is 18.2 Å². The zero-order valence-corrected chi connectivity index (χ0v) is 12.1. The van der Waals surface area contributed by atoms with Crippen molar-refractivity contribution >= 4 is 16.1 Å². The van der Waals surface area contributed by atoms with Crippen LogP contribution in [0.1, 0.15) is 12.0 Å². The molecule has 0 aliphatic carbocycles. The number of aryl methyl sites for hydroxylation is 1. The van der Waals surface area contributed by atoms with Gasteiger partial charge in [0.15, 0.2) is 0 Å². The van der Waals surface area contributed by atoms with Crippen LogP contribution in [0, 0.1) is 6.92 Å². The Balaban J connectivity index is 1.84. The molecule has 0 aromatic heterocycles. The number of rotatable bonds is 6. The molecule has 7 heteroatoms. The molecular weight excluding hydrogens is 280 g/mol. The van der Waals surface area contributed by atoms with E-state index in [9.17, 15) is 13.2 Å². The smallest absolute Gasteiger partial charge is 0.409 e. The van der Waals surface area contributed by atoms with Crippen LogP contribution in [0.5, 0.6) is 0 Å². The van der Waals surface area contributed by atoms with Crippen molar-refractivity contribution in [1.82, 2.24) is 9.62 Å². The Labute approximate surface area is 118 Å². The standard InChI is InChI=1S/C13H18N2O4S/c1-11-5-2-3-6-12(11)20(17,18)14-7-4-8-15-9-10-19-13(15)16/h2-3,5-6,14H,4,7-10H2,1H3. The largest absolute Gasteiger partial charge is 0.448 e. The van der Waals surface area contributed by atoms with Crippen LogP contribution in [0.2, 0.25) is 0 Å². The molecule has 20 heavy (non-hydrogen) atoms. The summed E-state index contributed by atoms with van der Waals surface area (Å²) in [5.74, 6) is 0. The van der Waals surface area contributed by atoms with Gasteiger partial charge in [-0.25, -0.2) is 17.9 Å². The van der Waals surface area contributed by atoms with E-state index < -0.39 is 10.0 Å². The third-order valence-electron chi connectivity index (χ3n) is 3.12. The first kappa shape index (κ1) is 14.8. The van der Waals surface area contributed by atoms with Crippen molar-refractivity contribution < 1.29 is 17.9 Å². The highest BCUT2D eigenvalue weighted by Gasteiger charge is 2.21. The summed E-state index contributed by atoms with van der Waals surface area (Å²) in [6, 6.07) is 6.83. The van der Waals surface area contributed by atoms with Crippen LogP contribution in [0.25, 0.3) is 0 Å². The van der Waals surface area contributed by atoms with E-state index in [0.29, 0.717) is 43.1 Å². The van der Waals surface area contributed by atoms with E-state index in [-0.39, 0.29) is 6.09 Å². The topological polar surface area (TPSA) is 75.7 Å². The maximum absolute atomic E-state index is 12.1. The highest BCUT2D eigenvalue weighted by atomic mass is 32.2. The zero-order valence-electron chi connectivity index (χ0n) is 11.3. The van der Waals surface area contributed by atoms with Crippen LogP contribution in [0.3, 0.4) is 0 Å². The second-order valence-electron chi connectivity index (χ2n) is 4.62. The molecule has 1 N–H and O–H groups in total. The highest BCUT2D eigenvalue weighted by molar-refractivity contribution is 7.89. The second-order valence-corrected chi connectivity index (χ2v) is 6.35. The lowest BCUT2D eigenvalue weighted by Crippen LogP contribution is -2.30. The van der Waals surface area contributed by atoms with Crippen molar-refractivity contribution in [1.29, 1.82) is 0 Å². The summed E-state index contributed by atoms with van der Waals surface area (Å²) in [4.78, 5) is 13.1. The Morgan fingerprint density at radius 2 is 2.10 bits per heavy atom. The van der Waals surface area contributed by atoms with E-state index in [4.69, 9.17) is 4.74 Å². The fraction of sp³-hybridized carbons (Fsp3) is 0.462. The fourth-order valence-electron chi connectivity index (χ4n) is 2.04. The van der Waals surface area contributed by atoms with Crippen LogP contribution in [0.15, 0.2) is 29.2 Å². The number of sulfonamides is 1. The van der Waals surface area contributed by atoms with Crippen molar-refractivity contribution in [3.05, 3.63) is 29.8 Å². The molecule has 1 fully saturated rings. The van der Waals surface area contributed by atoms with Crippen molar-refractivity contribution in [3.8, 4) is 0 Å². The first-order valence-electron chi connectivity index (χ1n) is 6.48. The normalized spacial score (nSPS) is 15.4. The predicted octanol–water partition coefficient (Wildman–Crippen LogP) is 1.12. The molecule has 0 atom stereocenters. The zero-order chi connectivity index (χ0) is 14.6. The lowest BCUT2D eigenvalue weighted by molar-refractivity contribution is 0.158. The summed E-state index contributed by atoms with van der Waals surface area (Å²) in [5, 5.41) is 0. The Morgan fingerprint density at radius 3 is 2.75 bits per heavy atom. The monoisotopic (exact) mass is 298 g/mol. The first-order chi connectivity index (χ1) is 9.50. The van der Waals surface area contributed by atoms with Crippen LogP contribution in [0.4, 0.5) is 4.79 Å². The molecule has 2 rings (SSSR count). The van der Waals surface area contributed by atoms with E-state index in [0.717, 1.165) is 0 Å². The molecular formula is C13H18N2O4S. The maximum Gasteiger partial charge on any atom is 0.409 e. The van der Waals surface area contributed by atoms with Gasteiger partial charge in [-0.3, -0.25) is 0 Å². The SMILES string of the molecule is Cc1ccccc1S(=O)(=O)NCCCN1CCOC1=O. The minimum atomic E-state index is -3.48. The molecule has 1 heterocycles. The molecule has 0 unspecified atom stereocenters.